The molecule has 1 amide bonds. The lowest BCUT2D eigenvalue weighted by Crippen LogP contribution is -2.40. The molecule has 1 aromatic carbocycles. The first-order valence-corrected chi connectivity index (χ1v) is 9.83. The first kappa shape index (κ1) is 20.2. The van der Waals surface area contributed by atoms with E-state index in [1.165, 1.54) is 0 Å². The Morgan fingerprint density at radius 1 is 1.23 bits per heavy atom. The minimum atomic E-state index is -0.0176. The number of carbonyl (C=O) groups excluding carboxylic acids is 1. The number of amides is 1. The largest absolute Gasteiger partial charge is 0.493 e. The second-order valence-corrected chi connectivity index (χ2v) is 7.49. The molecule has 6 heteroatoms. The third kappa shape index (κ3) is 5.21. The summed E-state index contributed by atoms with van der Waals surface area (Å²) in [6, 6.07) is 7.75. The van der Waals surface area contributed by atoms with Gasteiger partial charge in [-0.05, 0) is 25.5 Å². The standard InChI is InChI=1S/C20H28N2O3S/c1-6-15(4)22(20(23)14(2)3)11-16-13-26-19(21-16)12-25-18-10-8-7-9-17(18)24-5/h7-10,13-15H,6,11-12H2,1-5H3. The van der Waals surface area contributed by atoms with Crippen molar-refractivity contribution >= 4 is 17.2 Å². The Labute approximate surface area is 160 Å². The summed E-state index contributed by atoms with van der Waals surface area (Å²) in [5.74, 6) is 1.55. The number of thiazole rings is 1. The molecule has 0 aliphatic heterocycles. The Bertz CT molecular complexity index is 715. The lowest BCUT2D eigenvalue weighted by atomic mass is 10.1. The fourth-order valence-corrected chi connectivity index (χ4v) is 3.24. The molecule has 0 saturated carbocycles. The van der Waals surface area contributed by atoms with Gasteiger partial charge in [-0.2, -0.15) is 0 Å². The van der Waals surface area contributed by atoms with E-state index < -0.39 is 0 Å². The highest BCUT2D eigenvalue weighted by molar-refractivity contribution is 7.09. The minimum Gasteiger partial charge on any atom is -0.493 e. The van der Waals surface area contributed by atoms with Crippen LogP contribution in [0, 0.1) is 5.92 Å². The Balaban J connectivity index is 2.02. The van der Waals surface area contributed by atoms with E-state index >= 15 is 0 Å². The van der Waals surface area contributed by atoms with E-state index in [1.807, 2.05) is 48.4 Å². The third-order valence-electron chi connectivity index (χ3n) is 4.25. The van der Waals surface area contributed by atoms with Crippen LogP contribution in [0.25, 0.3) is 0 Å². The Morgan fingerprint density at radius 3 is 2.54 bits per heavy atom. The van der Waals surface area contributed by atoms with Crippen LogP contribution in [0.5, 0.6) is 11.5 Å². The quantitative estimate of drug-likeness (QED) is 0.646. The molecule has 0 N–H and O–H groups in total. The van der Waals surface area contributed by atoms with Crippen molar-refractivity contribution in [2.75, 3.05) is 7.11 Å². The number of rotatable bonds is 9. The molecule has 1 heterocycles. The van der Waals surface area contributed by atoms with E-state index in [0.717, 1.165) is 17.1 Å². The van der Waals surface area contributed by atoms with Crippen LogP contribution < -0.4 is 9.47 Å². The molecule has 0 aliphatic rings. The first-order chi connectivity index (χ1) is 12.5. The highest BCUT2D eigenvalue weighted by Crippen LogP contribution is 2.27. The van der Waals surface area contributed by atoms with Crippen LogP contribution in [-0.2, 0) is 17.9 Å². The maximum atomic E-state index is 12.5. The van der Waals surface area contributed by atoms with Crippen LogP contribution in [0.15, 0.2) is 29.6 Å². The van der Waals surface area contributed by atoms with Crippen molar-refractivity contribution in [3.8, 4) is 11.5 Å². The van der Waals surface area contributed by atoms with Crippen LogP contribution in [0.1, 0.15) is 44.8 Å². The van der Waals surface area contributed by atoms with Gasteiger partial charge in [0.2, 0.25) is 5.91 Å². The van der Waals surface area contributed by atoms with Crippen molar-refractivity contribution in [1.29, 1.82) is 0 Å². The van der Waals surface area contributed by atoms with Crippen LogP contribution in [0.4, 0.5) is 0 Å². The zero-order valence-electron chi connectivity index (χ0n) is 16.2. The number of hydrogen-bond acceptors (Lipinski definition) is 5. The number of hydrogen-bond donors (Lipinski definition) is 0. The molecule has 142 valence electrons. The maximum Gasteiger partial charge on any atom is 0.225 e. The van der Waals surface area contributed by atoms with Crippen LogP contribution in [0.2, 0.25) is 0 Å². The van der Waals surface area contributed by atoms with Gasteiger partial charge in [-0.3, -0.25) is 4.79 Å². The Kier molecular flexibility index (Phi) is 7.45. The minimum absolute atomic E-state index is 0.0176. The van der Waals surface area contributed by atoms with Crippen LogP contribution in [-0.4, -0.2) is 28.9 Å². The fourth-order valence-electron chi connectivity index (χ4n) is 2.54. The topological polar surface area (TPSA) is 51.7 Å². The normalized spacial score (nSPS) is 12.1. The molecule has 0 bridgehead atoms. The van der Waals surface area contributed by atoms with Gasteiger partial charge in [-0.1, -0.05) is 32.9 Å². The van der Waals surface area contributed by atoms with Gasteiger partial charge in [0.05, 0.1) is 19.3 Å². The molecule has 2 aromatic rings. The molecular weight excluding hydrogens is 348 g/mol. The molecule has 26 heavy (non-hydrogen) atoms. The number of nitrogens with zero attached hydrogens (tertiary/aromatic N) is 2. The van der Waals surface area contributed by atoms with Crippen LogP contribution in [0.3, 0.4) is 0 Å². The highest BCUT2D eigenvalue weighted by Gasteiger charge is 2.22. The zero-order valence-corrected chi connectivity index (χ0v) is 17.0. The van der Waals surface area contributed by atoms with Crippen molar-refractivity contribution in [1.82, 2.24) is 9.88 Å². The van der Waals surface area contributed by atoms with Gasteiger partial charge in [0.1, 0.15) is 11.6 Å². The van der Waals surface area contributed by atoms with Gasteiger partial charge in [-0.15, -0.1) is 11.3 Å². The summed E-state index contributed by atoms with van der Waals surface area (Å²) in [6.45, 7) is 8.97. The van der Waals surface area contributed by atoms with Crippen molar-refractivity contribution in [2.24, 2.45) is 5.92 Å². The zero-order chi connectivity index (χ0) is 19.1. The SMILES string of the molecule is CCC(C)N(Cc1csc(COc2ccccc2OC)n1)C(=O)C(C)C. The molecule has 0 aliphatic carbocycles. The van der Waals surface area contributed by atoms with Crippen molar-refractivity contribution < 1.29 is 14.3 Å². The number of carbonyl (C=O) groups is 1. The summed E-state index contributed by atoms with van der Waals surface area (Å²) < 4.78 is 11.1. The van der Waals surface area contributed by atoms with Gasteiger partial charge >= 0.3 is 0 Å². The lowest BCUT2D eigenvalue weighted by molar-refractivity contribution is -0.137. The van der Waals surface area contributed by atoms with Crippen LogP contribution >= 0.6 is 11.3 Å². The van der Waals surface area contributed by atoms with E-state index in [2.05, 4.69) is 18.8 Å². The number of benzene rings is 1. The smallest absolute Gasteiger partial charge is 0.225 e. The summed E-state index contributed by atoms with van der Waals surface area (Å²) in [5.41, 5.74) is 0.905. The second-order valence-electron chi connectivity index (χ2n) is 6.55. The highest BCUT2D eigenvalue weighted by atomic mass is 32.1. The second kappa shape index (κ2) is 9.57. The molecule has 1 atom stereocenters. The molecule has 1 unspecified atom stereocenters. The predicted octanol–water partition coefficient (Wildman–Crippen LogP) is 4.51. The third-order valence-corrected chi connectivity index (χ3v) is 5.12. The van der Waals surface area contributed by atoms with E-state index in [9.17, 15) is 4.79 Å². The summed E-state index contributed by atoms with van der Waals surface area (Å²) in [7, 11) is 1.62. The van der Waals surface area contributed by atoms with Crippen molar-refractivity contribution in [2.45, 2.75) is 53.3 Å². The monoisotopic (exact) mass is 376 g/mol. The Hall–Kier alpha value is -2.08. The van der Waals surface area contributed by atoms with E-state index in [0.29, 0.717) is 24.7 Å². The van der Waals surface area contributed by atoms with Crippen molar-refractivity contribution in [3.05, 3.63) is 40.3 Å². The van der Waals surface area contributed by atoms with E-state index in [4.69, 9.17) is 9.47 Å². The summed E-state index contributed by atoms with van der Waals surface area (Å²) in [5, 5.41) is 2.89. The molecule has 1 aromatic heterocycles. The molecule has 5 nitrogen and oxygen atoms in total. The summed E-state index contributed by atoms with van der Waals surface area (Å²) >= 11 is 1.55. The average Bonchev–Trinajstić information content (AvgIpc) is 3.10. The molecule has 0 spiro atoms. The lowest BCUT2D eigenvalue weighted by Gasteiger charge is -2.29. The van der Waals surface area contributed by atoms with Gasteiger partial charge in [0.25, 0.3) is 0 Å². The maximum absolute atomic E-state index is 12.5. The summed E-state index contributed by atoms with van der Waals surface area (Å²) in [6.07, 6.45) is 0.923. The number of ether oxygens (including phenoxy) is 2. The molecule has 0 fully saturated rings. The molecule has 2 rings (SSSR count). The fraction of sp³-hybridized carbons (Fsp3) is 0.500. The van der Waals surface area contributed by atoms with Gasteiger partial charge in [-0.25, -0.2) is 4.98 Å². The number of methoxy groups -OCH3 is 1. The molecule has 0 saturated heterocycles. The average molecular weight is 377 g/mol. The molecule has 0 radical (unpaired) electrons. The van der Waals surface area contributed by atoms with E-state index in [1.54, 1.807) is 18.4 Å². The van der Waals surface area contributed by atoms with E-state index in [-0.39, 0.29) is 17.9 Å². The summed E-state index contributed by atoms with van der Waals surface area (Å²) in [4.78, 5) is 19.1. The van der Waals surface area contributed by atoms with Gasteiger partial charge in [0.15, 0.2) is 11.5 Å². The predicted molar refractivity (Wildman–Crippen MR) is 105 cm³/mol. The Morgan fingerprint density at radius 2 is 1.92 bits per heavy atom. The van der Waals surface area contributed by atoms with Gasteiger partial charge < -0.3 is 14.4 Å². The number of para-hydroxylation sites is 2. The molecular formula is C20H28N2O3S. The van der Waals surface area contributed by atoms with Crippen molar-refractivity contribution in [3.63, 3.8) is 0 Å². The number of aromatic nitrogens is 1. The van der Waals surface area contributed by atoms with Gasteiger partial charge in [0, 0.05) is 17.3 Å². The first-order valence-electron chi connectivity index (χ1n) is 8.95.